The lowest BCUT2D eigenvalue weighted by molar-refractivity contribution is -0.135. The van der Waals surface area contributed by atoms with Crippen LogP contribution in [0.1, 0.15) is 44.8 Å². The maximum Gasteiger partial charge on any atom is 0.379 e. The van der Waals surface area contributed by atoms with Gasteiger partial charge in [-0.15, -0.1) is 0 Å². The maximum atomic E-state index is 12.7. The van der Waals surface area contributed by atoms with Crippen LogP contribution in [0.5, 0.6) is 0 Å². The van der Waals surface area contributed by atoms with Gasteiger partial charge < -0.3 is 10.2 Å². The highest BCUT2D eigenvalue weighted by atomic mass is 32.2. The van der Waals surface area contributed by atoms with E-state index in [1.165, 1.54) is 11.1 Å². The summed E-state index contributed by atoms with van der Waals surface area (Å²) in [6.07, 6.45) is 3.63. The van der Waals surface area contributed by atoms with E-state index in [0.717, 1.165) is 17.8 Å². The van der Waals surface area contributed by atoms with Gasteiger partial charge in [0, 0.05) is 38.6 Å². The van der Waals surface area contributed by atoms with Gasteiger partial charge in [-0.25, -0.2) is 13.4 Å². The lowest BCUT2D eigenvalue weighted by Gasteiger charge is -2.29. The Hall–Kier alpha value is -2.62. The molecule has 1 aromatic carbocycles. The molecule has 2 heterocycles. The first-order valence-corrected chi connectivity index (χ1v) is 13.4. The van der Waals surface area contributed by atoms with E-state index in [1.807, 2.05) is 18.3 Å². The van der Waals surface area contributed by atoms with Crippen molar-refractivity contribution in [3.8, 4) is 0 Å². The van der Waals surface area contributed by atoms with Gasteiger partial charge in [0.25, 0.3) is 0 Å². The zero-order valence-electron chi connectivity index (χ0n) is 20.2. The Morgan fingerprint density at radius 3 is 2.37 bits per heavy atom. The Morgan fingerprint density at radius 2 is 1.80 bits per heavy atom. The largest absolute Gasteiger partial charge is 0.379 e. The number of pyridine rings is 1. The summed E-state index contributed by atoms with van der Waals surface area (Å²) in [4.78, 5) is 19.0. The summed E-state index contributed by atoms with van der Waals surface area (Å²) in [6.45, 7) is 1.33. The molecule has 194 valence electrons. The van der Waals surface area contributed by atoms with Gasteiger partial charge in [-0.05, 0) is 42.0 Å². The number of fused-ring (bicyclic) bond motifs is 1. The second kappa shape index (κ2) is 11.0. The van der Waals surface area contributed by atoms with Crippen LogP contribution in [0.25, 0.3) is 0 Å². The van der Waals surface area contributed by atoms with E-state index in [4.69, 9.17) is 0 Å². The number of alkyl halides is 3. The summed E-state index contributed by atoms with van der Waals surface area (Å²) in [5.74, 6) is 0.874. The molecule has 1 saturated heterocycles. The van der Waals surface area contributed by atoms with Crippen molar-refractivity contribution in [2.75, 3.05) is 23.9 Å². The third kappa shape index (κ3) is 6.96. The van der Waals surface area contributed by atoms with E-state index >= 15 is 0 Å². The Morgan fingerprint density at radius 1 is 1.17 bits per heavy atom. The number of nitrogens with one attached hydrogen (secondary N) is 1. The summed E-state index contributed by atoms with van der Waals surface area (Å²) in [7, 11) is -1.19. The third-order valence-corrected chi connectivity index (χ3v) is 8.57. The van der Waals surface area contributed by atoms with Gasteiger partial charge in [0.15, 0.2) is 0 Å². The fraction of sp³-hybridized carbons (Fsp3) is 0.520. The molecule has 0 spiro atoms. The van der Waals surface area contributed by atoms with Crippen LogP contribution >= 0.6 is 0 Å². The van der Waals surface area contributed by atoms with Crippen molar-refractivity contribution in [2.24, 2.45) is 5.92 Å². The number of anilines is 1. The molecule has 1 fully saturated rings. The molecule has 1 unspecified atom stereocenters. The SMILES string of the molecule is CN(Cc1ccc(NC2Cc3ccccc3C2(C)C)nc1)C(=O)C1CCS(=O)(=O)CC1.FC(F)F.[HH]. The summed E-state index contributed by atoms with van der Waals surface area (Å²) in [6, 6.07) is 12.8. The number of aromatic nitrogens is 1. The Bertz CT molecular complexity index is 1110. The highest BCUT2D eigenvalue weighted by molar-refractivity contribution is 7.91. The molecule has 1 aliphatic carbocycles. The lowest BCUT2D eigenvalue weighted by Crippen LogP contribution is -2.37. The van der Waals surface area contributed by atoms with Gasteiger partial charge in [0.2, 0.25) is 5.91 Å². The number of hydrogen-bond donors (Lipinski definition) is 1. The van der Waals surface area contributed by atoms with Crippen molar-refractivity contribution in [3.05, 3.63) is 59.3 Å². The van der Waals surface area contributed by atoms with E-state index in [9.17, 15) is 26.4 Å². The minimum absolute atomic E-state index is 0. The molecule has 2 aromatic rings. The van der Waals surface area contributed by atoms with Gasteiger partial charge in [0.05, 0.1) is 11.5 Å². The number of carbonyl (C=O) groups excluding carboxylic acids is 1. The van der Waals surface area contributed by atoms with E-state index in [-0.39, 0.29) is 36.2 Å². The number of halogens is 3. The highest BCUT2D eigenvalue weighted by Gasteiger charge is 2.39. The van der Waals surface area contributed by atoms with Crippen LogP contribution in [0.4, 0.5) is 19.0 Å². The van der Waals surface area contributed by atoms with Crippen molar-refractivity contribution >= 4 is 21.6 Å². The monoisotopic (exact) mass is 513 g/mol. The molecule has 35 heavy (non-hydrogen) atoms. The van der Waals surface area contributed by atoms with E-state index in [2.05, 4.69) is 48.4 Å². The minimum atomic E-state index is -3.67. The fourth-order valence-electron chi connectivity index (χ4n) is 4.80. The van der Waals surface area contributed by atoms with Crippen LogP contribution in [0.2, 0.25) is 0 Å². The van der Waals surface area contributed by atoms with Crippen molar-refractivity contribution < 1.29 is 27.8 Å². The second-order valence-electron chi connectivity index (χ2n) is 9.70. The molecule has 0 bridgehead atoms. The zero-order chi connectivity index (χ0) is 25.8. The molecule has 1 N–H and O–H groups in total. The molecule has 0 radical (unpaired) electrons. The van der Waals surface area contributed by atoms with E-state index in [1.54, 1.807) is 11.9 Å². The van der Waals surface area contributed by atoms with Crippen LogP contribution < -0.4 is 5.32 Å². The average molecular weight is 514 g/mol. The van der Waals surface area contributed by atoms with Gasteiger partial charge >= 0.3 is 6.68 Å². The molecule has 6 nitrogen and oxygen atoms in total. The standard InChI is InChI=1S/C24H31N3O3S.CHF3.H2/c1-24(2)20-7-5-4-6-19(20)14-21(24)26-22-9-8-17(15-25-22)16-27(3)23(28)18-10-12-31(29,30)13-11-18;2-1(3)4;/h4-9,15,18,21H,10-14,16H2,1-3H3,(H,25,26);1H;1H. The molecule has 1 amide bonds. The summed E-state index contributed by atoms with van der Waals surface area (Å²) < 4.78 is 52.2. The van der Waals surface area contributed by atoms with Crippen LogP contribution in [0.15, 0.2) is 42.6 Å². The lowest BCUT2D eigenvalue weighted by atomic mass is 9.83. The number of benzene rings is 1. The Kier molecular flexibility index (Phi) is 8.46. The molecular formula is C25H34F3N3O3S. The molecule has 10 heteroatoms. The molecule has 1 aliphatic heterocycles. The topological polar surface area (TPSA) is 79.4 Å². The van der Waals surface area contributed by atoms with Gasteiger partial charge in [-0.2, -0.15) is 13.2 Å². The Balaban J connectivity index is 0.000000850. The van der Waals surface area contributed by atoms with Gasteiger partial charge in [-0.3, -0.25) is 4.79 Å². The van der Waals surface area contributed by atoms with Crippen molar-refractivity contribution in [1.82, 2.24) is 9.88 Å². The van der Waals surface area contributed by atoms with Crippen molar-refractivity contribution in [3.63, 3.8) is 0 Å². The van der Waals surface area contributed by atoms with E-state index in [0.29, 0.717) is 19.4 Å². The summed E-state index contributed by atoms with van der Waals surface area (Å²) >= 11 is 0. The predicted octanol–water partition coefficient (Wildman–Crippen LogP) is 4.60. The number of amides is 1. The van der Waals surface area contributed by atoms with E-state index < -0.39 is 16.5 Å². The molecule has 2 aliphatic rings. The van der Waals surface area contributed by atoms with Crippen LogP contribution in [0.3, 0.4) is 0 Å². The molecular weight excluding hydrogens is 479 g/mol. The van der Waals surface area contributed by atoms with Crippen LogP contribution in [-0.4, -0.2) is 55.5 Å². The summed E-state index contributed by atoms with van der Waals surface area (Å²) in [5, 5.41) is 3.59. The Labute approximate surface area is 206 Å². The van der Waals surface area contributed by atoms with Gasteiger partial charge in [0.1, 0.15) is 15.7 Å². The smallest absolute Gasteiger partial charge is 0.366 e. The van der Waals surface area contributed by atoms with Crippen LogP contribution in [0, 0.1) is 5.92 Å². The predicted molar refractivity (Wildman–Crippen MR) is 132 cm³/mol. The number of carbonyl (C=O) groups is 1. The maximum absolute atomic E-state index is 12.7. The minimum Gasteiger partial charge on any atom is -0.366 e. The normalized spacial score (nSPS) is 20.5. The van der Waals surface area contributed by atoms with Gasteiger partial charge in [-0.1, -0.05) is 44.2 Å². The first-order chi connectivity index (χ1) is 16.4. The number of hydrogen-bond acceptors (Lipinski definition) is 5. The second-order valence-corrected chi connectivity index (χ2v) is 12.0. The molecule has 4 rings (SSSR count). The first kappa shape index (κ1) is 27.0. The molecule has 1 aromatic heterocycles. The fourth-order valence-corrected chi connectivity index (χ4v) is 6.29. The van der Waals surface area contributed by atoms with Crippen molar-refractivity contribution in [1.29, 1.82) is 0 Å². The highest BCUT2D eigenvalue weighted by Crippen LogP contribution is 2.39. The van der Waals surface area contributed by atoms with Crippen LogP contribution in [-0.2, 0) is 33.0 Å². The zero-order valence-corrected chi connectivity index (χ0v) is 21.0. The molecule has 0 saturated carbocycles. The number of nitrogens with zero attached hydrogens (tertiary/aromatic N) is 2. The summed E-state index contributed by atoms with van der Waals surface area (Å²) in [5.41, 5.74) is 3.76. The van der Waals surface area contributed by atoms with Crippen molar-refractivity contribution in [2.45, 2.75) is 57.8 Å². The molecule has 1 atom stereocenters. The quantitative estimate of drug-likeness (QED) is 0.632. The number of sulfone groups is 1. The number of rotatable bonds is 5. The third-order valence-electron chi connectivity index (χ3n) is 6.85. The first-order valence-electron chi connectivity index (χ1n) is 11.6. The average Bonchev–Trinajstić information content (AvgIpc) is 3.04.